The van der Waals surface area contributed by atoms with Gasteiger partial charge in [-0.2, -0.15) is 18.3 Å². The van der Waals surface area contributed by atoms with E-state index in [1.807, 2.05) is 0 Å². The number of thiazole rings is 1. The van der Waals surface area contributed by atoms with Gasteiger partial charge in [0, 0.05) is 30.4 Å². The van der Waals surface area contributed by atoms with E-state index in [1.54, 1.807) is 7.05 Å². The summed E-state index contributed by atoms with van der Waals surface area (Å²) in [6.07, 6.45) is -4.70. The number of aryl methyl sites for hydroxylation is 2. The van der Waals surface area contributed by atoms with Crippen molar-refractivity contribution in [2.75, 3.05) is 5.32 Å². The Morgan fingerprint density at radius 1 is 1.50 bits per heavy atom. The summed E-state index contributed by atoms with van der Waals surface area (Å²) in [7, 11) is 1.60. The molecular weight excluding hydrogens is 321 g/mol. The summed E-state index contributed by atoms with van der Waals surface area (Å²) < 4.78 is 41.0. The van der Waals surface area contributed by atoms with Crippen molar-refractivity contribution in [1.82, 2.24) is 14.8 Å². The van der Waals surface area contributed by atoms with Crippen LogP contribution in [0.4, 0.5) is 19.0 Å². The summed E-state index contributed by atoms with van der Waals surface area (Å²) in [4.78, 5) is 15.5. The lowest BCUT2D eigenvalue weighted by atomic mass is 9.99. The average molecular weight is 334 g/mol. The van der Waals surface area contributed by atoms with Crippen molar-refractivity contribution in [3.63, 3.8) is 0 Å². The molecule has 0 radical (unpaired) electrons. The number of rotatable bonds is 4. The highest BCUT2D eigenvalue weighted by atomic mass is 32.1. The van der Waals surface area contributed by atoms with Crippen LogP contribution in [0, 0.1) is 6.92 Å². The molecule has 0 unspecified atom stereocenters. The minimum Gasteiger partial charge on any atom is -0.374 e. The number of hydrogen-bond acceptors (Lipinski definition) is 5. The topological polar surface area (TPSA) is 80.0 Å². The molecule has 6 nitrogen and oxygen atoms in total. The maximum absolute atomic E-state index is 13.2. The van der Waals surface area contributed by atoms with Crippen LogP contribution in [0.2, 0.25) is 0 Å². The molecule has 0 spiro atoms. The van der Waals surface area contributed by atoms with Gasteiger partial charge in [-0.05, 0) is 6.92 Å². The quantitative estimate of drug-likeness (QED) is 0.896. The molecule has 1 amide bonds. The van der Waals surface area contributed by atoms with Gasteiger partial charge < -0.3 is 10.4 Å². The zero-order valence-corrected chi connectivity index (χ0v) is 12.5. The Morgan fingerprint density at radius 3 is 2.64 bits per heavy atom. The van der Waals surface area contributed by atoms with Crippen LogP contribution in [0.25, 0.3) is 0 Å². The number of halogens is 3. The molecule has 0 aliphatic rings. The lowest BCUT2D eigenvalue weighted by molar-refractivity contribution is -0.266. The molecule has 2 heterocycles. The minimum atomic E-state index is -5.03. The summed E-state index contributed by atoms with van der Waals surface area (Å²) in [6, 6.07) is 1.43. The van der Waals surface area contributed by atoms with Crippen LogP contribution in [-0.4, -0.2) is 32.0 Å². The second-order valence-corrected chi connectivity index (χ2v) is 5.61. The third kappa shape index (κ3) is 3.28. The van der Waals surface area contributed by atoms with E-state index in [2.05, 4.69) is 15.4 Å². The number of aromatic nitrogens is 3. The molecule has 22 heavy (non-hydrogen) atoms. The van der Waals surface area contributed by atoms with Crippen molar-refractivity contribution in [3.05, 3.63) is 28.3 Å². The summed E-state index contributed by atoms with van der Waals surface area (Å²) in [5, 5.41) is 16.9. The summed E-state index contributed by atoms with van der Waals surface area (Å²) >= 11 is 0.655. The van der Waals surface area contributed by atoms with E-state index in [0.717, 1.165) is 0 Å². The molecule has 2 N–H and O–H groups in total. The first kappa shape index (κ1) is 16.4. The van der Waals surface area contributed by atoms with Crippen molar-refractivity contribution >= 4 is 23.1 Å². The van der Waals surface area contributed by atoms with E-state index in [4.69, 9.17) is 0 Å². The standard InChI is InChI=1S/C12H13F3N4O2S/c1-7-6-22-10(16-7)11(21,12(13,14)15)5-9(20)17-8-3-4-19(2)18-8/h3-4,6,21H,5H2,1-2H3,(H,17,18,20)/t11-/m0/s1. The second-order valence-electron chi connectivity index (χ2n) is 4.75. The van der Waals surface area contributed by atoms with Gasteiger partial charge in [-0.3, -0.25) is 9.48 Å². The second kappa shape index (κ2) is 5.69. The molecule has 1 atom stereocenters. The number of alkyl halides is 3. The number of anilines is 1. The fourth-order valence-corrected chi connectivity index (χ4v) is 2.66. The van der Waals surface area contributed by atoms with Gasteiger partial charge in [0.1, 0.15) is 5.01 Å². The predicted octanol–water partition coefficient (Wildman–Crippen LogP) is 1.96. The van der Waals surface area contributed by atoms with Crippen LogP contribution in [0.5, 0.6) is 0 Å². The predicted molar refractivity (Wildman–Crippen MR) is 73.3 cm³/mol. The molecular formula is C12H13F3N4O2S. The zero-order valence-electron chi connectivity index (χ0n) is 11.7. The maximum Gasteiger partial charge on any atom is 0.424 e. The number of hydrogen-bond donors (Lipinski definition) is 2. The molecule has 2 aromatic heterocycles. The SMILES string of the molecule is Cc1csc([C@@](O)(CC(=O)Nc2ccn(C)n2)C(F)(F)F)n1. The van der Waals surface area contributed by atoms with E-state index in [0.29, 0.717) is 17.0 Å². The molecule has 0 fully saturated rings. The van der Waals surface area contributed by atoms with Crippen LogP contribution in [0.15, 0.2) is 17.6 Å². The van der Waals surface area contributed by atoms with Crippen LogP contribution in [-0.2, 0) is 17.4 Å². The summed E-state index contributed by atoms with van der Waals surface area (Å²) in [5.74, 6) is -0.904. The number of nitrogens with one attached hydrogen (secondary N) is 1. The Kier molecular flexibility index (Phi) is 4.25. The largest absolute Gasteiger partial charge is 0.424 e. The van der Waals surface area contributed by atoms with E-state index in [9.17, 15) is 23.1 Å². The highest BCUT2D eigenvalue weighted by molar-refractivity contribution is 7.09. The fraction of sp³-hybridized carbons (Fsp3) is 0.417. The molecule has 0 aliphatic carbocycles. The molecule has 120 valence electrons. The van der Waals surface area contributed by atoms with E-state index in [1.165, 1.54) is 29.2 Å². The number of carbonyl (C=O) groups is 1. The number of amides is 1. The lowest BCUT2D eigenvalue weighted by Gasteiger charge is -2.27. The Balaban J connectivity index is 2.22. The monoisotopic (exact) mass is 334 g/mol. The number of carbonyl (C=O) groups excluding carboxylic acids is 1. The normalized spacial score (nSPS) is 14.6. The third-order valence-corrected chi connectivity index (χ3v) is 3.95. The third-order valence-electron chi connectivity index (χ3n) is 2.84. The molecule has 0 saturated heterocycles. The number of aliphatic hydroxyl groups is 1. The van der Waals surface area contributed by atoms with Crippen molar-refractivity contribution in [1.29, 1.82) is 0 Å². The maximum atomic E-state index is 13.2. The van der Waals surface area contributed by atoms with Gasteiger partial charge in [0.2, 0.25) is 11.5 Å². The van der Waals surface area contributed by atoms with Gasteiger partial charge >= 0.3 is 6.18 Å². The first-order chi connectivity index (χ1) is 10.1. The first-order valence-corrected chi connectivity index (χ1v) is 7.01. The molecule has 0 aliphatic heterocycles. The fourth-order valence-electron chi connectivity index (χ4n) is 1.74. The van der Waals surface area contributed by atoms with E-state index >= 15 is 0 Å². The first-order valence-electron chi connectivity index (χ1n) is 6.13. The Labute approximate surface area is 127 Å². The molecule has 0 aromatic carbocycles. The molecule has 0 saturated carbocycles. The van der Waals surface area contributed by atoms with Crippen molar-refractivity contribution < 1.29 is 23.1 Å². The van der Waals surface area contributed by atoms with Crippen LogP contribution >= 0.6 is 11.3 Å². The van der Waals surface area contributed by atoms with Gasteiger partial charge in [0.05, 0.1) is 6.42 Å². The smallest absolute Gasteiger partial charge is 0.374 e. The van der Waals surface area contributed by atoms with Gasteiger partial charge in [-0.25, -0.2) is 4.98 Å². The summed E-state index contributed by atoms with van der Waals surface area (Å²) in [5.41, 5.74) is -2.99. The Hall–Kier alpha value is -1.94. The highest BCUT2D eigenvalue weighted by Crippen LogP contribution is 2.42. The van der Waals surface area contributed by atoms with Crippen LogP contribution in [0.1, 0.15) is 17.1 Å². The zero-order chi connectivity index (χ0) is 16.5. The Bertz CT molecular complexity index is 682. The van der Waals surface area contributed by atoms with Crippen molar-refractivity contribution in [2.45, 2.75) is 25.1 Å². The lowest BCUT2D eigenvalue weighted by Crippen LogP contribution is -2.45. The minimum absolute atomic E-state index is 0.104. The van der Waals surface area contributed by atoms with E-state index < -0.39 is 29.1 Å². The Morgan fingerprint density at radius 2 is 2.18 bits per heavy atom. The van der Waals surface area contributed by atoms with Crippen molar-refractivity contribution in [2.24, 2.45) is 7.05 Å². The van der Waals surface area contributed by atoms with Gasteiger partial charge in [-0.15, -0.1) is 11.3 Å². The number of nitrogens with zero attached hydrogens (tertiary/aromatic N) is 3. The molecule has 10 heteroatoms. The van der Waals surface area contributed by atoms with Crippen LogP contribution in [0.3, 0.4) is 0 Å². The van der Waals surface area contributed by atoms with Gasteiger partial charge in [-0.1, -0.05) is 0 Å². The van der Waals surface area contributed by atoms with E-state index in [-0.39, 0.29) is 5.82 Å². The average Bonchev–Trinajstić information content (AvgIpc) is 2.97. The van der Waals surface area contributed by atoms with Crippen molar-refractivity contribution in [3.8, 4) is 0 Å². The molecule has 2 rings (SSSR count). The molecule has 2 aromatic rings. The van der Waals surface area contributed by atoms with Crippen LogP contribution < -0.4 is 5.32 Å². The van der Waals surface area contributed by atoms with Gasteiger partial charge in [0.15, 0.2) is 5.82 Å². The molecule has 0 bridgehead atoms. The van der Waals surface area contributed by atoms with Gasteiger partial charge in [0.25, 0.3) is 0 Å². The highest BCUT2D eigenvalue weighted by Gasteiger charge is 2.58. The summed E-state index contributed by atoms with van der Waals surface area (Å²) in [6.45, 7) is 1.50.